The first kappa shape index (κ1) is 34.3. The number of likely N-dealkylation sites (tertiary alicyclic amines) is 1. The van der Waals surface area contributed by atoms with Crippen molar-refractivity contribution in [1.82, 2.24) is 10.2 Å². The van der Waals surface area contributed by atoms with Crippen molar-refractivity contribution in [1.29, 1.82) is 0 Å². The van der Waals surface area contributed by atoms with Crippen LogP contribution in [0.15, 0.2) is 79.9 Å². The highest BCUT2D eigenvalue weighted by Gasteiger charge is 2.75. The number of halogens is 1. The molecule has 3 amide bonds. The lowest BCUT2D eigenvalue weighted by molar-refractivity contribution is -0.146. The van der Waals surface area contributed by atoms with Crippen LogP contribution in [0, 0.1) is 11.8 Å². The van der Waals surface area contributed by atoms with Crippen molar-refractivity contribution >= 4 is 41.0 Å². The van der Waals surface area contributed by atoms with Crippen LogP contribution in [-0.4, -0.2) is 77.2 Å². The highest BCUT2D eigenvalue weighted by molar-refractivity contribution is 6.34. The summed E-state index contributed by atoms with van der Waals surface area (Å²) in [5, 5.41) is 13.8. The first-order valence-electron chi connectivity index (χ1n) is 16.1. The van der Waals surface area contributed by atoms with E-state index in [2.05, 4.69) is 18.5 Å². The van der Waals surface area contributed by atoms with Crippen molar-refractivity contribution < 1.29 is 33.8 Å². The minimum absolute atomic E-state index is 0.0995. The Kier molecular flexibility index (Phi) is 10.8. The molecule has 3 saturated heterocycles. The molecule has 3 heterocycles. The number of aliphatic hydroxyl groups excluding tert-OH is 1. The Balaban J connectivity index is 1.48. The number of carbonyl (C=O) groups is 4. The highest BCUT2D eigenvalue weighted by Crippen LogP contribution is 2.59. The minimum Gasteiger partial charge on any atom is -0.463 e. The van der Waals surface area contributed by atoms with Gasteiger partial charge in [-0.2, -0.15) is 0 Å². The molecule has 250 valence electrons. The third kappa shape index (κ3) is 6.46. The predicted molar refractivity (Wildman–Crippen MR) is 177 cm³/mol. The molecule has 5 rings (SSSR count). The van der Waals surface area contributed by atoms with E-state index in [0.29, 0.717) is 36.4 Å². The zero-order valence-electron chi connectivity index (χ0n) is 26.6. The second kappa shape index (κ2) is 14.8. The van der Waals surface area contributed by atoms with Crippen LogP contribution in [0.5, 0.6) is 0 Å². The molecule has 3 aliphatic rings. The summed E-state index contributed by atoms with van der Waals surface area (Å²) in [5.41, 5.74) is -0.1000. The molecule has 0 aliphatic carbocycles. The van der Waals surface area contributed by atoms with Crippen LogP contribution >= 0.6 is 11.6 Å². The van der Waals surface area contributed by atoms with Gasteiger partial charge in [-0.25, -0.2) is 0 Å². The standard InChI is InChI=1S/C36H42ClN3O7/c1-4-7-17-29(42)46-22-26(23-13-9-8-10-14-23)38-33(43)30-28-18-19-36(47-28)31(30)34(44)40(24(6-3)21-41)32(36)35(45)39(20-5-2)27-16-12-11-15-25(27)37/h4-5,8-16,24,26,28,30-32,41H,1-2,6-7,17-22H2,3H3,(H,38,43)/t24-,26-,28+,30-,31-,32+,36-/m0/s1. The van der Waals surface area contributed by atoms with Gasteiger partial charge in [0.15, 0.2) is 0 Å². The summed E-state index contributed by atoms with van der Waals surface area (Å²) in [7, 11) is 0. The Morgan fingerprint density at radius 1 is 1.17 bits per heavy atom. The van der Waals surface area contributed by atoms with Crippen molar-refractivity contribution in [3.8, 4) is 0 Å². The monoisotopic (exact) mass is 663 g/mol. The quantitative estimate of drug-likeness (QED) is 0.214. The van der Waals surface area contributed by atoms with Crippen LogP contribution in [0.2, 0.25) is 5.02 Å². The van der Waals surface area contributed by atoms with Gasteiger partial charge in [-0.05, 0) is 43.4 Å². The van der Waals surface area contributed by atoms with Crippen LogP contribution in [0.3, 0.4) is 0 Å². The number of hydrogen-bond donors (Lipinski definition) is 2. The van der Waals surface area contributed by atoms with Crippen LogP contribution < -0.4 is 10.2 Å². The molecule has 10 nitrogen and oxygen atoms in total. The summed E-state index contributed by atoms with van der Waals surface area (Å²) in [6.45, 7) is 8.95. The molecule has 3 fully saturated rings. The molecule has 7 atom stereocenters. The van der Waals surface area contributed by atoms with E-state index in [1.165, 1.54) is 9.80 Å². The van der Waals surface area contributed by atoms with Crippen molar-refractivity contribution in [2.24, 2.45) is 11.8 Å². The van der Waals surface area contributed by atoms with E-state index in [9.17, 15) is 24.3 Å². The fraction of sp³-hybridized carbons (Fsp3) is 0.444. The maximum absolute atomic E-state index is 14.7. The number of hydrogen-bond acceptors (Lipinski definition) is 7. The fourth-order valence-electron chi connectivity index (χ4n) is 7.37. The molecule has 2 aromatic carbocycles. The minimum atomic E-state index is -1.29. The maximum atomic E-state index is 14.7. The number of esters is 1. The molecule has 2 N–H and O–H groups in total. The molecule has 2 aromatic rings. The van der Waals surface area contributed by atoms with E-state index in [4.69, 9.17) is 21.1 Å². The predicted octanol–water partition coefficient (Wildman–Crippen LogP) is 4.37. The van der Waals surface area contributed by atoms with Gasteiger partial charge in [0, 0.05) is 13.0 Å². The number of aliphatic hydroxyl groups is 1. The molecule has 11 heteroatoms. The number of allylic oxidation sites excluding steroid dienone is 1. The number of carbonyl (C=O) groups excluding carboxylic acids is 4. The molecule has 0 unspecified atom stereocenters. The third-order valence-corrected chi connectivity index (χ3v) is 9.87. The number of fused-ring (bicyclic) bond motifs is 1. The van der Waals surface area contributed by atoms with Gasteiger partial charge in [-0.3, -0.25) is 19.2 Å². The fourth-order valence-corrected chi connectivity index (χ4v) is 7.61. The molecule has 0 aromatic heterocycles. The average molecular weight is 664 g/mol. The molecule has 0 radical (unpaired) electrons. The Hall–Kier alpha value is -3.99. The van der Waals surface area contributed by atoms with Crippen LogP contribution in [0.1, 0.15) is 50.6 Å². The van der Waals surface area contributed by atoms with Crippen molar-refractivity contribution in [2.45, 2.75) is 68.9 Å². The van der Waals surface area contributed by atoms with Crippen LogP contribution in [0.4, 0.5) is 5.69 Å². The Morgan fingerprint density at radius 2 is 1.89 bits per heavy atom. The summed E-state index contributed by atoms with van der Waals surface area (Å²) >= 11 is 6.54. The summed E-state index contributed by atoms with van der Waals surface area (Å²) in [6, 6.07) is 13.6. The molecule has 47 heavy (non-hydrogen) atoms. The number of rotatable bonds is 15. The maximum Gasteiger partial charge on any atom is 0.306 e. The van der Waals surface area contributed by atoms with E-state index in [1.54, 1.807) is 36.4 Å². The van der Waals surface area contributed by atoms with E-state index in [0.717, 1.165) is 5.56 Å². The first-order chi connectivity index (χ1) is 22.7. The summed E-state index contributed by atoms with van der Waals surface area (Å²) in [6.07, 6.45) is 4.49. The number of nitrogens with one attached hydrogen (secondary N) is 1. The molecular formula is C36H42ClN3O7. The Labute approximate surface area is 280 Å². The largest absolute Gasteiger partial charge is 0.463 e. The zero-order valence-corrected chi connectivity index (χ0v) is 27.3. The SMILES string of the molecule is C=CCCC(=O)OC[C@H](NC(=O)[C@@H]1[C@H]2C(=O)N([C@@H](CC)CO)[C@H](C(=O)N(CC=C)c3ccccc3Cl)[C@]23CC[C@H]1O3)c1ccccc1. The van der Waals surface area contributed by atoms with Gasteiger partial charge in [0.1, 0.15) is 18.2 Å². The van der Waals surface area contributed by atoms with E-state index in [-0.39, 0.29) is 26.2 Å². The number of benzene rings is 2. The smallest absolute Gasteiger partial charge is 0.306 e. The normalized spacial score (nSPS) is 25.5. The van der Waals surface area contributed by atoms with Crippen LogP contribution in [-0.2, 0) is 28.7 Å². The van der Waals surface area contributed by atoms with Gasteiger partial charge in [0.2, 0.25) is 11.8 Å². The second-order valence-corrected chi connectivity index (χ2v) is 12.6. The summed E-state index contributed by atoms with van der Waals surface area (Å²) in [4.78, 5) is 58.6. The molecule has 1 spiro atoms. The number of amides is 3. The van der Waals surface area contributed by atoms with E-state index in [1.807, 2.05) is 37.3 Å². The van der Waals surface area contributed by atoms with Crippen molar-refractivity contribution in [3.63, 3.8) is 0 Å². The summed E-state index contributed by atoms with van der Waals surface area (Å²) in [5.74, 6) is -3.53. The lowest BCUT2D eigenvalue weighted by Crippen LogP contribution is -2.59. The number of nitrogens with zero attached hydrogens (tertiary/aromatic N) is 2. The van der Waals surface area contributed by atoms with E-state index >= 15 is 0 Å². The number of ether oxygens (including phenoxy) is 2. The van der Waals surface area contributed by atoms with Gasteiger partial charge in [-0.1, -0.05) is 73.1 Å². The molecular weight excluding hydrogens is 622 g/mol. The molecule has 0 saturated carbocycles. The lowest BCUT2D eigenvalue weighted by Gasteiger charge is -2.39. The lowest BCUT2D eigenvalue weighted by atomic mass is 9.70. The second-order valence-electron chi connectivity index (χ2n) is 12.2. The Morgan fingerprint density at radius 3 is 2.55 bits per heavy atom. The topological polar surface area (TPSA) is 125 Å². The van der Waals surface area contributed by atoms with Crippen molar-refractivity contribution in [3.05, 3.63) is 90.5 Å². The summed E-state index contributed by atoms with van der Waals surface area (Å²) < 4.78 is 12.1. The zero-order chi connectivity index (χ0) is 33.7. The van der Waals surface area contributed by atoms with E-state index < -0.39 is 65.4 Å². The highest BCUT2D eigenvalue weighted by atomic mass is 35.5. The third-order valence-electron chi connectivity index (χ3n) is 9.55. The van der Waals surface area contributed by atoms with Crippen molar-refractivity contribution in [2.75, 3.05) is 24.7 Å². The Bertz CT molecular complexity index is 1500. The molecule has 2 bridgehead atoms. The van der Waals surface area contributed by atoms with Gasteiger partial charge in [-0.15, -0.1) is 13.2 Å². The number of anilines is 1. The number of para-hydroxylation sites is 1. The van der Waals surface area contributed by atoms with Gasteiger partial charge < -0.3 is 29.7 Å². The average Bonchev–Trinajstić information content (AvgIpc) is 3.73. The van der Waals surface area contributed by atoms with Gasteiger partial charge in [0.25, 0.3) is 5.91 Å². The van der Waals surface area contributed by atoms with Gasteiger partial charge in [0.05, 0.1) is 47.3 Å². The first-order valence-corrected chi connectivity index (χ1v) is 16.5. The van der Waals surface area contributed by atoms with Gasteiger partial charge >= 0.3 is 5.97 Å². The molecule has 3 aliphatic heterocycles. The van der Waals surface area contributed by atoms with Crippen LogP contribution in [0.25, 0.3) is 0 Å².